The number of aromatic nitrogens is 1. The molecule has 1 aromatic carbocycles. The zero-order valence-corrected chi connectivity index (χ0v) is 11.6. The van der Waals surface area contributed by atoms with Crippen molar-refractivity contribution in [3.8, 4) is 6.07 Å². The molecule has 0 unspecified atom stereocenters. The van der Waals surface area contributed by atoms with Crippen molar-refractivity contribution in [2.45, 2.75) is 6.42 Å². The van der Waals surface area contributed by atoms with Gasteiger partial charge in [0.2, 0.25) is 0 Å². The standard InChI is InChI=1S/C15H16N4O/c1-17-14-12-7-4-3-6-11(12)13(10-18-14)15(20)19(2)9-5-8-16/h3-4,6-7,10H,5,9H2,1-2H3,(H,17,18). The predicted molar refractivity (Wildman–Crippen MR) is 78.5 cm³/mol. The second-order valence-electron chi connectivity index (χ2n) is 4.45. The van der Waals surface area contributed by atoms with E-state index < -0.39 is 0 Å². The first-order valence-electron chi connectivity index (χ1n) is 6.37. The van der Waals surface area contributed by atoms with Crippen LogP contribution < -0.4 is 5.32 Å². The number of hydrogen-bond donors (Lipinski definition) is 1. The van der Waals surface area contributed by atoms with Gasteiger partial charge in [0, 0.05) is 32.2 Å². The predicted octanol–water partition coefficient (Wildman–Crippen LogP) is 2.26. The summed E-state index contributed by atoms with van der Waals surface area (Å²) in [5.74, 6) is 0.628. The third-order valence-corrected chi connectivity index (χ3v) is 3.17. The maximum absolute atomic E-state index is 12.4. The third-order valence-electron chi connectivity index (χ3n) is 3.17. The van der Waals surface area contributed by atoms with Crippen LogP contribution in [0.2, 0.25) is 0 Å². The molecule has 1 N–H and O–H groups in total. The van der Waals surface area contributed by atoms with E-state index in [1.54, 1.807) is 25.2 Å². The van der Waals surface area contributed by atoms with E-state index in [9.17, 15) is 4.79 Å². The van der Waals surface area contributed by atoms with Gasteiger partial charge in [0.25, 0.3) is 5.91 Å². The van der Waals surface area contributed by atoms with Crippen LogP contribution in [0.15, 0.2) is 30.5 Å². The second kappa shape index (κ2) is 6.02. The van der Waals surface area contributed by atoms with Crippen LogP contribution in [0.1, 0.15) is 16.8 Å². The van der Waals surface area contributed by atoms with Crippen LogP contribution >= 0.6 is 0 Å². The van der Waals surface area contributed by atoms with Crippen LogP contribution in [-0.2, 0) is 0 Å². The quantitative estimate of drug-likeness (QED) is 0.923. The van der Waals surface area contributed by atoms with E-state index in [2.05, 4.69) is 10.3 Å². The maximum Gasteiger partial charge on any atom is 0.255 e. The molecule has 5 heteroatoms. The number of fused-ring (bicyclic) bond motifs is 1. The van der Waals surface area contributed by atoms with Crippen molar-refractivity contribution in [2.75, 3.05) is 26.0 Å². The summed E-state index contributed by atoms with van der Waals surface area (Å²) >= 11 is 0. The molecular formula is C15H16N4O. The summed E-state index contributed by atoms with van der Waals surface area (Å²) in [6, 6.07) is 9.69. The Kier molecular flexibility index (Phi) is 4.16. The Morgan fingerprint density at radius 2 is 2.10 bits per heavy atom. The van der Waals surface area contributed by atoms with Gasteiger partial charge < -0.3 is 10.2 Å². The molecular weight excluding hydrogens is 252 g/mol. The summed E-state index contributed by atoms with van der Waals surface area (Å²) in [5, 5.41) is 13.4. The highest BCUT2D eigenvalue weighted by Gasteiger charge is 2.16. The van der Waals surface area contributed by atoms with E-state index in [0.717, 1.165) is 16.6 Å². The number of amides is 1. The van der Waals surface area contributed by atoms with Crippen molar-refractivity contribution < 1.29 is 4.79 Å². The van der Waals surface area contributed by atoms with E-state index >= 15 is 0 Å². The van der Waals surface area contributed by atoms with Crippen molar-refractivity contribution in [1.82, 2.24) is 9.88 Å². The van der Waals surface area contributed by atoms with Crippen molar-refractivity contribution in [2.24, 2.45) is 0 Å². The fraction of sp³-hybridized carbons (Fsp3) is 0.267. The number of benzene rings is 1. The van der Waals surface area contributed by atoms with Gasteiger partial charge in [-0.2, -0.15) is 5.26 Å². The Bertz CT molecular complexity index is 675. The van der Waals surface area contributed by atoms with Gasteiger partial charge in [0.15, 0.2) is 0 Å². The zero-order valence-electron chi connectivity index (χ0n) is 11.6. The van der Waals surface area contributed by atoms with Crippen LogP contribution in [-0.4, -0.2) is 36.4 Å². The minimum absolute atomic E-state index is 0.119. The SMILES string of the molecule is CNc1ncc(C(=O)N(C)CCC#N)c2ccccc12. The van der Waals surface area contributed by atoms with Crippen molar-refractivity contribution in [1.29, 1.82) is 5.26 Å². The van der Waals surface area contributed by atoms with Crippen LogP contribution in [0, 0.1) is 11.3 Å². The molecule has 5 nitrogen and oxygen atoms in total. The molecule has 0 radical (unpaired) electrons. The smallest absolute Gasteiger partial charge is 0.255 e. The van der Waals surface area contributed by atoms with Gasteiger partial charge in [-0.25, -0.2) is 4.98 Å². The monoisotopic (exact) mass is 268 g/mol. The lowest BCUT2D eigenvalue weighted by Crippen LogP contribution is -2.27. The van der Waals surface area contributed by atoms with Gasteiger partial charge in [0.1, 0.15) is 5.82 Å². The van der Waals surface area contributed by atoms with Gasteiger partial charge in [-0.3, -0.25) is 4.79 Å². The normalized spacial score (nSPS) is 10.1. The molecule has 2 aromatic rings. The van der Waals surface area contributed by atoms with E-state index in [4.69, 9.17) is 5.26 Å². The van der Waals surface area contributed by atoms with Gasteiger partial charge in [-0.1, -0.05) is 24.3 Å². The van der Waals surface area contributed by atoms with Gasteiger partial charge >= 0.3 is 0 Å². The van der Waals surface area contributed by atoms with E-state index in [0.29, 0.717) is 18.5 Å². The van der Waals surface area contributed by atoms with Crippen LogP contribution in [0.3, 0.4) is 0 Å². The molecule has 102 valence electrons. The van der Waals surface area contributed by atoms with E-state index in [1.165, 1.54) is 0 Å². The maximum atomic E-state index is 12.4. The number of nitrogens with one attached hydrogen (secondary N) is 1. The number of rotatable bonds is 4. The number of pyridine rings is 1. The Labute approximate surface area is 117 Å². The number of nitriles is 1. The number of carbonyl (C=O) groups excluding carboxylic acids is 1. The van der Waals surface area contributed by atoms with Crippen LogP contribution in [0.4, 0.5) is 5.82 Å². The second-order valence-corrected chi connectivity index (χ2v) is 4.45. The molecule has 0 atom stereocenters. The molecule has 0 saturated heterocycles. The number of anilines is 1. The van der Waals surface area contributed by atoms with E-state index in [1.807, 2.05) is 30.3 Å². The summed E-state index contributed by atoms with van der Waals surface area (Å²) in [7, 11) is 3.50. The van der Waals surface area contributed by atoms with Crippen molar-refractivity contribution >= 4 is 22.5 Å². The van der Waals surface area contributed by atoms with Crippen LogP contribution in [0.5, 0.6) is 0 Å². The highest BCUT2D eigenvalue weighted by Crippen LogP contribution is 2.24. The number of carbonyl (C=O) groups is 1. The highest BCUT2D eigenvalue weighted by molar-refractivity contribution is 6.09. The van der Waals surface area contributed by atoms with Crippen LogP contribution in [0.25, 0.3) is 10.8 Å². The Morgan fingerprint density at radius 3 is 2.75 bits per heavy atom. The molecule has 2 rings (SSSR count). The minimum Gasteiger partial charge on any atom is -0.373 e. The fourth-order valence-electron chi connectivity index (χ4n) is 2.09. The van der Waals surface area contributed by atoms with Crippen molar-refractivity contribution in [3.63, 3.8) is 0 Å². The molecule has 20 heavy (non-hydrogen) atoms. The van der Waals surface area contributed by atoms with Gasteiger partial charge in [0.05, 0.1) is 18.1 Å². The highest BCUT2D eigenvalue weighted by atomic mass is 16.2. The first kappa shape index (κ1) is 13.8. The van der Waals surface area contributed by atoms with Gasteiger partial charge in [-0.05, 0) is 5.39 Å². The molecule has 0 bridgehead atoms. The average molecular weight is 268 g/mol. The first-order valence-corrected chi connectivity index (χ1v) is 6.37. The lowest BCUT2D eigenvalue weighted by atomic mass is 10.1. The molecule has 0 saturated carbocycles. The Hall–Kier alpha value is -2.61. The molecule has 0 aliphatic rings. The van der Waals surface area contributed by atoms with Crippen molar-refractivity contribution in [3.05, 3.63) is 36.0 Å². The summed E-state index contributed by atoms with van der Waals surface area (Å²) < 4.78 is 0. The molecule has 1 heterocycles. The Morgan fingerprint density at radius 1 is 1.40 bits per heavy atom. The summed E-state index contributed by atoms with van der Waals surface area (Å²) in [6.07, 6.45) is 1.90. The average Bonchev–Trinajstić information content (AvgIpc) is 2.50. The molecule has 1 amide bonds. The van der Waals surface area contributed by atoms with Gasteiger partial charge in [-0.15, -0.1) is 0 Å². The fourth-order valence-corrected chi connectivity index (χ4v) is 2.09. The topological polar surface area (TPSA) is 69.0 Å². The largest absolute Gasteiger partial charge is 0.373 e. The third kappa shape index (κ3) is 2.54. The lowest BCUT2D eigenvalue weighted by Gasteiger charge is -2.17. The molecule has 0 aliphatic heterocycles. The minimum atomic E-state index is -0.119. The molecule has 1 aromatic heterocycles. The number of hydrogen-bond acceptors (Lipinski definition) is 4. The summed E-state index contributed by atoms with van der Waals surface area (Å²) in [6.45, 7) is 0.414. The molecule has 0 fully saturated rings. The lowest BCUT2D eigenvalue weighted by molar-refractivity contribution is 0.0799. The summed E-state index contributed by atoms with van der Waals surface area (Å²) in [5.41, 5.74) is 0.556. The van der Waals surface area contributed by atoms with E-state index in [-0.39, 0.29) is 5.91 Å². The first-order chi connectivity index (χ1) is 9.69. The Balaban J connectivity index is 2.45. The summed E-state index contributed by atoms with van der Waals surface area (Å²) in [4.78, 5) is 18.3. The molecule has 0 aliphatic carbocycles. The number of nitrogens with zero attached hydrogens (tertiary/aromatic N) is 3. The molecule has 0 spiro atoms. The zero-order chi connectivity index (χ0) is 14.5.